The van der Waals surface area contributed by atoms with Crippen molar-refractivity contribution >= 4 is 29.8 Å². The maximum atomic E-state index is 7.40. The quantitative estimate of drug-likeness (QED) is 0.637. The Kier molecular flexibility index (Phi) is 3.98. The summed E-state index contributed by atoms with van der Waals surface area (Å²) in [6, 6.07) is 7.91. The molecule has 4 nitrogen and oxygen atoms in total. The number of hydrogen-bond acceptors (Lipinski definition) is 4. The molecule has 0 saturated carbocycles. The van der Waals surface area contributed by atoms with Crippen LogP contribution < -0.4 is 5.73 Å². The van der Waals surface area contributed by atoms with Crippen molar-refractivity contribution < 1.29 is 0 Å². The number of halogens is 1. The van der Waals surface area contributed by atoms with Gasteiger partial charge in [-0.2, -0.15) is 0 Å². The van der Waals surface area contributed by atoms with E-state index >= 15 is 0 Å². The van der Waals surface area contributed by atoms with Crippen LogP contribution in [0, 0.1) is 12.3 Å². The molecule has 0 atom stereocenters. The van der Waals surface area contributed by atoms with Gasteiger partial charge in [0.1, 0.15) is 16.4 Å². The lowest BCUT2D eigenvalue weighted by atomic mass is 10.1. The van der Waals surface area contributed by atoms with Crippen LogP contribution in [0.3, 0.4) is 0 Å². The summed E-state index contributed by atoms with van der Waals surface area (Å²) in [5.41, 5.74) is 8.24. The predicted octanol–water partition coefficient (Wildman–Crippen LogP) is 2.22. The molecule has 2 aromatic rings. The highest BCUT2D eigenvalue weighted by Gasteiger charge is 2.12. The Balaban J connectivity index is 0.00000128. The number of nitrogens with zero attached hydrogens (tertiary/aromatic N) is 2. The highest BCUT2D eigenvalue weighted by Crippen LogP contribution is 2.23. The SMILES string of the molecule is Cc1cccc(-c2nnsc2C(=N)N)c1.Cl. The summed E-state index contributed by atoms with van der Waals surface area (Å²) in [4.78, 5) is 0.626. The molecule has 0 fully saturated rings. The first-order chi connectivity index (χ1) is 7.18. The fourth-order valence-electron chi connectivity index (χ4n) is 1.35. The van der Waals surface area contributed by atoms with Crippen LogP contribution in [-0.4, -0.2) is 15.4 Å². The highest BCUT2D eigenvalue weighted by atomic mass is 35.5. The summed E-state index contributed by atoms with van der Waals surface area (Å²) in [7, 11) is 0. The van der Waals surface area contributed by atoms with Crippen molar-refractivity contribution in [1.29, 1.82) is 5.41 Å². The van der Waals surface area contributed by atoms with Crippen molar-refractivity contribution in [3.8, 4) is 11.3 Å². The van der Waals surface area contributed by atoms with Crippen molar-refractivity contribution in [2.24, 2.45) is 5.73 Å². The Bertz CT molecular complexity index is 509. The van der Waals surface area contributed by atoms with Gasteiger partial charge in [-0.1, -0.05) is 28.3 Å². The van der Waals surface area contributed by atoms with Crippen LogP contribution in [-0.2, 0) is 0 Å². The number of nitrogens with two attached hydrogens (primary N) is 1. The standard InChI is InChI=1S/C10H10N4S.ClH/c1-6-3-2-4-7(5-6)8-9(10(11)12)15-14-13-8;/h2-5H,1H3,(H3,11,12);1H. The average molecular weight is 255 g/mol. The van der Waals surface area contributed by atoms with E-state index in [1.807, 2.05) is 31.2 Å². The molecule has 1 aromatic heterocycles. The number of amidine groups is 1. The van der Waals surface area contributed by atoms with Crippen LogP contribution in [0.2, 0.25) is 0 Å². The molecule has 0 aliphatic rings. The number of aryl methyl sites for hydroxylation is 1. The molecule has 0 aliphatic heterocycles. The molecule has 0 amide bonds. The summed E-state index contributed by atoms with van der Waals surface area (Å²) < 4.78 is 3.82. The minimum absolute atomic E-state index is 0. The van der Waals surface area contributed by atoms with Gasteiger partial charge >= 0.3 is 0 Å². The third-order valence-electron chi connectivity index (χ3n) is 2.02. The van der Waals surface area contributed by atoms with Gasteiger partial charge in [0.15, 0.2) is 0 Å². The van der Waals surface area contributed by atoms with E-state index in [0.29, 0.717) is 10.6 Å². The molecule has 6 heteroatoms. The molecule has 1 heterocycles. The van der Waals surface area contributed by atoms with E-state index in [-0.39, 0.29) is 18.2 Å². The zero-order valence-electron chi connectivity index (χ0n) is 8.60. The summed E-state index contributed by atoms with van der Waals surface area (Å²) in [6.45, 7) is 2.01. The molecule has 0 saturated heterocycles. The fraction of sp³-hybridized carbons (Fsp3) is 0.100. The Labute approximate surface area is 104 Å². The number of aromatic nitrogens is 2. The first kappa shape index (κ1) is 12.6. The van der Waals surface area contributed by atoms with Crippen LogP contribution in [0.5, 0.6) is 0 Å². The summed E-state index contributed by atoms with van der Waals surface area (Å²) in [5.74, 6) is 0.0153. The van der Waals surface area contributed by atoms with Crippen LogP contribution in [0.15, 0.2) is 24.3 Å². The van der Waals surface area contributed by atoms with Crippen LogP contribution in [0.25, 0.3) is 11.3 Å². The summed E-state index contributed by atoms with van der Waals surface area (Å²) >= 11 is 1.15. The molecule has 0 radical (unpaired) electrons. The fourth-order valence-corrected chi connectivity index (χ4v) is 1.90. The minimum Gasteiger partial charge on any atom is -0.383 e. The summed E-state index contributed by atoms with van der Waals surface area (Å²) in [6.07, 6.45) is 0. The second-order valence-electron chi connectivity index (χ2n) is 3.23. The van der Waals surface area contributed by atoms with Crippen LogP contribution >= 0.6 is 23.9 Å². The second kappa shape index (κ2) is 5.05. The maximum absolute atomic E-state index is 7.40. The van der Waals surface area contributed by atoms with Gasteiger partial charge in [0, 0.05) is 5.56 Å². The van der Waals surface area contributed by atoms with E-state index in [4.69, 9.17) is 11.1 Å². The van der Waals surface area contributed by atoms with Crippen molar-refractivity contribution in [2.45, 2.75) is 6.92 Å². The first-order valence-electron chi connectivity index (χ1n) is 4.42. The molecule has 16 heavy (non-hydrogen) atoms. The first-order valence-corrected chi connectivity index (χ1v) is 5.19. The van der Waals surface area contributed by atoms with E-state index < -0.39 is 0 Å². The van der Waals surface area contributed by atoms with E-state index in [2.05, 4.69) is 9.59 Å². The van der Waals surface area contributed by atoms with Gasteiger partial charge < -0.3 is 5.73 Å². The van der Waals surface area contributed by atoms with Crippen LogP contribution in [0.4, 0.5) is 0 Å². The van der Waals surface area contributed by atoms with Crippen LogP contribution in [0.1, 0.15) is 10.4 Å². The number of benzene rings is 1. The van der Waals surface area contributed by atoms with Gasteiger partial charge in [-0.15, -0.1) is 17.5 Å². The van der Waals surface area contributed by atoms with Gasteiger partial charge in [-0.25, -0.2) is 0 Å². The van der Waals surface area contributed by atoms with Gasteiger partial charge in [-0.05, 0) is 24.5 Å². The van der Waals surface area contributed by atoms with E-state index in [9.17, 15) is 0 Å². The van der Waals surface area contributed by atoms with E-state index in [1.165, 1.54) is 0 Å². The maximum Gasteiger partial charge on any atom is 0.137 e. The third-order valence-corrected chi connectivity index (χ3v) is 2.78. The monoisotopic (exact) mass is 254 g/mol. The number of hydrogen-bond donors (Lipinski definition) is 2. The molecule has 2 rings (SSSR count). The van der Waals surface area contributed by atoms with Crippen molar-refractivity contribution in [3.05, 3.63) is 34.7 Å². The topological polar surface area (TPSA) is 75.7 Å². The lowest BCUT2D eigenvalue weighted by Gasteiger charge is -2.00. The molecule has 0 spiro atoms. The smallest absolute Gasteiger partial charge is 0.137 e. The third kappa shape index (κ3) is 2.37. The zero-order chi connectivity index (χ0) is 10.8. The van der Waals surface area contributed by atoms with E-state index in [1.54, 1.807) is 0 Å². The van der Waals surface area contributed by atoms with Gasteiger partial charge in [-0.3, -0.25) is 5.41 Å². The van der Waals surface area contributed by atoms with Crippen molar-refractivity contribution in [1.82, 2.24) is 9.59 Å². The molecule has 0 aliphatic carbocycles. The Hall–Kier alpha value is -1.46. The number of nitrogen functional groups attached to an aromatic ring is 1. The molecular weight excluding hydrogens is 244 g/mol. The minimum atomic E-state index is 0. The lowest BCUT2D eigenvalue weighted by molar-refractivity contribution is 1.16. The average Bonchev–Trinajstić information content (AvgIpc) is 2.65. The molecule has 0 bridgehead atoms. The Morgan fingerprint density at radius 3 is 2.81 bits per heavy atom. The van der Waals surface area contributed by atoms with E-state index in [0.717, 1.165) is 22.7 Å². The van der Waals surface area contributed by atoms with Gasteiger partial charge in [0.05, 0.1) is 0 Å². The predicted molar refractivity (Wildman–Crippen MR) is 68.3 cm³/mol. The number of nitrogens with one attached hydrogen (secondary N) is 1. The Morgan fingerprint density at radius 2 is 2.19 bits per heavy atom. The summed E-state index contributed by atoms with van der Waals surface area (Å²) in [5, 5.41) is 11.4. The normalized spacial score (nSPS) is 9.56. The van der Waals surface area contributed by atoms with Crippen molar-refractivity contribution in [2.75, 3.05) is 0 Å². The van der Waals surface area contributed by atoms with Gasteiger partial charge in [0.2, 0.25) is 0 Å². The molecule has 1 aromatic carbocycles. The molecule has 3 N–H and O–H groups in total. The van der Waals surface area contributed by atoms with Crippen molar-refractivity contribution in [3.63, 3.8) is 0 Å². The Morgan fingerprint density at radius 1 is 1.44 bits per heavy atom. The zero-order valence-corrected chi connectivity index (χ0v) is 10.2. The lowest BCUT2D eigenvalue weighted by Crippen LogP contribution is -2.10. The molecule has 0 unspecified atom stereocenters. The molecule has 84 valence electrons. The highest BCUT2D eigenvalue weighted by molar-refractivity contribution is 7.08. The second-order valence-corrected chi connectivity index (χ2v) is 3.99. The van der Waals surface area contributed by atoms with Gasteiger partial charge in [0.25, 0.3) is 0 Å². The number of rotatable bonds is 2. The largest absolute Gasteiger partial charge is 0.383 e. The molecular formula is C10H11ClN4S.